The fourth-order valence-corrected chi connectivity index (χ4v) is 7.20. The number of hydrogen-bond donors (Lipinski definition) is 0. The molecule has 2 aliphatic rings. The summed E-state index contributed by atoms with van der Waals surface area (Å²) in [6.45, 7) is 2.35. The third kappa shape index (κ3) is 5.98. The van der Waals surface area contributed by atoms with E-state index < -0.39 is 47.8 Å². The highest BCUT2D eigenvalue weighted by Crippen LogP contribution is 2.48. The highest BCUT2D eigenvalue weighted by atomic mass is 35.5. The fraction of sp³-hybridized carbons (Fsp3) is 0.441. The van der Waals surface area contributed by atoms with Gasteiger partial charge in [0.15, 0.2) is 17.2 Å². The Morgan fingerprint density at radius 1 is 1.26 bits per heavy atom. The summed E-state index contributed by atoms with van der Waals surface area (Å²) in [6, 6.07) is 5.97. The Morgan fingerprint density at radius 2 is 2.00 bits per heavy atom. The van der Waals surface area contributed by atoms with Crippen molar-refractivity contribution in [2.24, 2.45) is 0 Å². The maximum absolute atomic E-state index is 17.0. The summed E-state index contributed by atoms with van der Waals surface area (Å²) in [6.07, 6.45) is -2.36. The van der Waals surface area contributed by atoms with Gasteiger partial charge in [0, 0.05) is 48.3 Å². The minimum atomic E-state index is -5.01. The van der Waals surface area contributed by atoms with E-state index in [1.165, 1.54) is 34.9 Å². The fourth-order valence-electron chi connectivity index (χ4n) is 6.95. The molecule has 2 fully saturated rings. The number of halogens is 6. The number of carbonyl (C=O) groups excluding carboxylic acids is 1. The monoisotopic (exact) mass is 716 g/mol. The van der Waals surface area contributed by atoms with E-state index in [0.29, 0.717) is 19.5 Å². The molecule has 264 valence electrons. The molecule has 4 aromatic rings. The van der Waals surface area contributed by atoms with Crippen LogP contribution in [0, 0.1) is 17.1 Å². The van der Waals surface area contributed by atoms with Crippen molar-refractivity contribution in [1.82, 2.24) is 29.8 Å². The molecule has 0 bridgehead atoms. The molecule has 0 aliphatic carbocycles. The molecule has 10 nitrogen and oxygen atoms in total. The first-order valence-electron chi connectivity index (χ1n) is 15.9. The molecule has 0 radical (unpaired) electrons. The highest BCUT2D eigenvalue weighted by molar-refractivity contribution is 6.32. The second kappa shape index (κ2) is 13.3. The highest BCUT2D eigenvalue weighted by Gasteiger charge is 2.44. The SMILES string of the molecule is COc1c(Cl)cccc1-c1c(C(F)(F)F)cc2c(nc(N3CC(C)(N(C)C)C3)c3nnn([C@H]4CCN(C(=O)/C=C/CF)C(CC#N)C4)c32)c1F. The van der Waals surface area contributed by atoms with Crippen molar-refractivity contribution < 1.29 is 31.5 Å². The summed E-state index contributed by atoms with van der Waals surface area (Å²) in [7, 11) is 5.10. The van der Waals surface area contributed by atoms with Crippen molar-refractivity contribution in [2.45, 2.75) is 50.0 Å². The Morgan fingerprint density at radius 3 is 2.64 bits per heavy atom. The van der Waals surface area contributed by atoms with E-state index in [4.69, 9.17) is 16.3 Å². The van der Waals surface area contributed by atoms with Crippen molar-refractivity contribution in [2.75, 3.05) is 52.4 Å². The first-order valence-corrected chi connectivity index (χ1v) is 16.3. The minimum Gasteiger partial charge on any atom is -0.495 e. The van der Waals surface area contributed by atoms with Crippen LogP contribution < -0.4 is 9.64 Å². The lowest BCUT2D eigenvalue weighted by Crippen LogP contribution is -2.67. The number of nitrogens with zero attached hydrogens (tertiary/aromatic N) is 8. The Kier molecular flexibility index (Phi) is 9.38. The minimum absolute atomic E-state index is 0.00415. The number of benzene rings is 2. The molecule has 1 unspecified atom stereocenters. The molecular formula is C34H34ClF5N8O2. The molecule has 4 heterocycles. The van der Waals surface area contributed by atoms with Gasteiger partial charge in [-0.25, -0.2) is 18.4 Å². The molecule has 2 aliphatic heterocycles. The number of pyridine rings is 1. The van der Waals surface area contributed by atoms with Gasteiger partial charge in [0.25, 0.3) is 0 Å². The smallest absolute Gasteiger partial charge is 0.417 e. The van der Waals surface area contributed by atoms with Gasteiger partial charge in [-0.2, -0.15) is 18.4 Å². The lowest BCUT2D eigenvalue weighted by atomic mass is 9.90. The van der Waals surface area contributed by atoms with Crippen LogP contribution in [0.5, 0.6) is 5.75 Å². The Hall–Kier alpha value is -4.55. The van der Waals surface area contributed by atoms with Crippen LogP contribution in [0.1, 0.15) is 37.8 Å². The normalized spacial score (nSPS) is 19.4. The zero-order chi connectivity index (χ0) is 36.1. The molecule has 2 aromatic heterocycles. The number of ether oxygens (including phenoxy) is 1. The third-order valence-electron chi connectivity index (χ3n) is 9.80. The Balaban J connectivity index is 1.60. The maximum atomic E-state index is 17.0. The molecule has 0 spiro atoms. The molecule has 6 rings (SSSR count). The summed E-state index contributed by atoms with van der Waals surface area (Å²) in [5.74, 6) is -1.53. The van der Waals surface area contributed by atoms with E-state index in [1.807, 2.05) is 30.8 Å². The van der Waals surface area contributed by atoms with E-state index in [0.717, 1.165) is 18.2 Å². The number of likely N-dealkylation sites (tertiary alicyclic amines) is 1. The van der Waals surface area contributed by atoms with Gasteiger partial charge in [-0.3, -0.25) is 4.79 Å². The molecule has 1 amide bonds. The number of nitriles is 1. The number of fused-ring (bicyclic) bond motifs is 3. The summed E-state index contributed by atoms with van der Waals surface area (Å²) in [5.41, 5.74) is -2.45. The van der Waals surface area contributed by atoms with Gasteiger partial charge < -0.3 is 19.4 Å². The number of likely N-dealkylation sites (N-methyl/N-ethyl adjacent to an activating group) is 1. The molecule has 2 saturated heterocycles. The summed E-state index contributed by atoms with van der Waals surface area (Å²) < 4.78 is 81.3. The third-order valence-corrected chi connectivity index (χ3v) is 10.1. The van der Waals surface area contributed by atoms with Gasteiger partial charge >= 0.3 is 6.18 Å². The van der Waals surface area contributed by atoms with Gasteiger partial charge in [0.05, 0.1) is 41.8 Å². The van der Waals surface area contributed by atoms with Gasteiger partial charge in [0.1, 0.15) is 23.5 Å². The summed E-state index contributed by atoms with van der Waals surface area (Å²) in [4.78, 5) is 22.9. The van der Waals surface area contributed by atoms with E-state index in [1.54, 1.807) is 0 Å². The first kappa shape index (κ1) is 35.3. The number of hydrogen-bond acceptors (Lipinski definition) is 8. The van der Waals surface area contributed by atoms with Gasteiger partial charge in [0.2, 0.25) is 5.91 Å². The number of carbonyl (C=O) groups is 1. The maximum Gasteiger partial charge on any atom is 0.417 e. The molecule has 2 atom stereocenters. The van der Waals surface area contributed by atoms with E-state index in [-0.39, 0.29) is 69.0 Å². The van der Waals surface area contributed by atoms with Crippen molar-refractivity contribution in [3.63, 3.8) is 0 Å². The summed E-state index contributed by atoms with van der Waals surface area (Å²) in [5, 5.41) is 18.2. The summed E-state index contributed by atoms with van der Waals surface area (Å²) >= 11 is 6.28. The molecule has 50 heavy (non-hydrogen) atoms. The zero-order valence-electron chi connectivity index (χ0n) is 27.7. The van der Waals surface area contributed by atoms with Crippen molar-refractivity contribution in [1.29, 1.82) is 5.26 Å². The van der Waals surface area contributed by atoms with Crippen molar-refractivity contribution >= 4 is 45.3 Å². The van der Waals surface area contributed by atoms with Crippen molar-refractivity contribution in [3.8, 4) is 22.9 Å². The number of rotatable bonds is 8. The first-order chi connectivity index (χ1) is 23.7. The standard InChI is InChI=1S/C34H34ClF5N8O2/c1-33(45(2)3)17-46(18-33)32-29-30(48(44-43-29)20-11-14-47(19(15-20)10-13-41)25(49)9-6-12-36)22-16-23(34(38,39)40)26(27(37)28(22)42-32)21-7-5-8-24(35)31(21)50-4/h5-9,16,19-20H,10-12,14-15,17-18H2,1-4H3/b9-6+/t19?,20-/m0/s1. The average Bonchev–Trinajstić information content (AvgIpc) is 3.51. The molecule has 2 aromatic carbocycles. The largest absolute Gasteiger partial charge is 0.495 e. The number of alkyl halides is 4. The number of para-hydroxylation sites is 1. The lowest BCUT2D eigenvalue weighted by Gasteiger charge is -2.52. The van der Waals surface area contributed by atoms with Crippen LogP contribution >= 0.6 is 11.6 Å². The number of anilines is 1. The van der Waals surface area contributed by atoms with Crippen LogP contribution in [0.3, 0.4) is 0 Å². The number of aromatic nitrogens is 4. The molecule has 0 saturated carbocycles. The second-order valence-corrected chi connectivity index (χ2v) is 13.4. The van der Waals surface area contributed by atoms with Gasteiger partial charge in [-0.1, -0.05) is 28.9 Å². The van der Waals surface area contributed by atoms with Crippen molar-refractivity contribution in [3.05, 3.63) is 52.8 Å². The molecular weight excluding hydrogens is 683 g/mol. The molecule has 16 heteroatoms. The second-order valence-electron chi connectivity index (χ2n) is 13.0. The van der Waals surface area contributed by atoms with Crippen LogP contribution in [0.15, 0.2) is 36.4 Å². The van der Waals surface area contributed by atoms with Crippen LogP contribution in [-0.2, 0) is 11.0 Å². The number of amides is 1. The molecule has 0 N–H and O–H groups in total. The zero-order valence-corrected chi connectivity index (χ0v) is 28.5. The van der Waals surface area contributed by atoms with Crippen LogP contribution in [0.2, 0.25) is 5.02 Å². The lowest BCUT2D eigenvalue weighted by molar-refractivity contribution is -0.137. The number of allylic oxidation sites excluding steroid dienone is 1. The predicted octanol–water partition coefficient (Wildman–Crippen LogP) is 6.58. The van der Waals surface area contributed by atoms with Gasteiger partial charge in [-0.15, -0.1) is 5.10 Å². The van der Waals surface area contributed by atoms with E-state index in [9.17, 15) is 27.6 Å². The van der Waals surface area contributed by atoms with Gasteiger partial charge in [-0.05, 0) is 52.1 Å². The van der Waals surface area contributed by atoms with E-state index >= 15 is 4.39 Å². The topological polar surface area (TPSA) is 103 Å². The average molecular weight is 717 g/mol. The van der Waals surface area contributed by atoms with Crippen LogP contribution in [-0.4, -0.2) is 94.8 Å². The Labute approximate surface area is 289 Å². The van der Waals surface area contributed by atoms with E-state index in [2.05, 4.69) is 21.4 Å². The quantitative estimate of drug-likeness (QED) is 0.149. The predicted molar refractivity (Wildman–Crippen MR) is 178 cm³/mol. The number of methoxy groups -OCH3 is 1. The Bertz CT molecular complexity index is 2040. The van der Waals surface area contributed by atoms with Crippen LogP contribution in [0.25, 0.3) is 33.1 Å². The van der Waals surface area contributed by atoms with Crippen LogP contribution in [0.4, 0.5) is 27.8 Å². The number of piperidine rings is 1.